The number of hydrogen-bond acceptors (Lipinski definition) is 6. The summed E-state index contributed by atoms with van der Waals surface area (Å²) in [6.07, 6.45) is -5.19. The zero-order chi connectivity index (χ0) is 28.2. The summed E-state index contributed by atoms with van der Waals surface area (Å²) in [6.45, 7) is 10.1. The summed E-state index contributed by atoms with van der Waals surface area (Å²) in [5, 5.41) is 14.0. The van der Waals surface area contributed by atoms with Crippen LogP contribution in [0.4, 0.5) is 13.2 Å². The third-order valence-electron chi connectivity index (χ3n) is 7.50. The number of nitrogens with zero attached hydrogens (tertiary/aromatic N) is 4. The fourth-order valence-corrected chi connectivity index (χ4v) is 5.07. The number of aromatic nitrogens is 2. The Kier molecular flexibility index (Phi) is 6.96. The van der Waals surface area contributed by atoms with E-state index in [9.17, 15) is 37.6 Å². The zero-order valence-corrected chi connectivity index (χ0v) is 21.7. The van der Waals surface area contributed by atoms with Gasteiger partial charge in [0.25, 0.3) is 5.56 Å². The summed E-state index contributed by atoms with van der Waals surface area (Å²) < 4.78 is 40.2. The molecule has 13 heteroatoms. The Bertz CT molecular complexity index is 1230. The molecule has 2 fully saturated rings. The van der Waals surface area contributed by atoms with Crippen LogP contribution >= 0.6 is 0 Å². The number of likely N-dealkylation sites (tertiary alicyclic amines) is 1. The molecule has 202 valence electrons. The van der Waals surface area contributed by atoms with Crippen LogP contribution in [0.2, 0.25) is 0 Å². The lowest BCUT2D eigenvalue weighted by Gasteiger charge is -2.37. The van der Waals surface area contributed by atoms with E-state index in [2.05, 4.69) is 10.3 Å². The molecule has 2 unspecified atom stereocenters. The van der Waals surface area contributed by atoms with E-state index in [4.69, 9.17) is 0 Å². The van der Waals surface area contributed by atoms with Crippen molar-refractivity contribution in [3.8, 4) is 6.07 Å². The van der Waals surface area contributed by atoms with E-state index in [1.165, 1.54) is 37.3 Å². The highest BCUT2D eigenvalue weighted by molar-refractivity contribution is 5.95. The molecule has 3 rings (SSSR count). The molecule has 1 aromatic heterocycles. The molecule has 1 aliphatic heterocycles. The van der Waals surface area contributed by atoms with Crippen molar-refractivity contribution in [2.75, 3.05) is 6.54 Å². The second-order valence-corrected chi connectivity index (χ2v) is 11.4. The van der Waals surface area contributed by atoms with Crippen molar-refractivity contribution in [3.63, 3.8) is 0 Å². The maximum Gasteiger partial charge on any atom is 0.471 e. The third kappa shape index (κ3) is 5.19. The van der Waals surface area contributed by atoms with Gasteiger partial charge in [-0.25, -0.2) is 4.98 Å². The molecule has 1 saturated heterocycles. The summed E-state index contributed by atoms with van der Waals surface area (Å²) in [5.74, 6) is -3.81. The quantitative estimate of drug-likeness (QED) is 0.597. The van der Waals surface area contributed by atoms with Crippen LogP contribution in [0.1, 0.15) is 52.2 Å². The Balaban J connectivity index is 1.91. The SMILES string of the molecule is Cc1nc(C(C#N)NC(=O)[C@@H]2[C@@H]3[C@H](CN2C(=O)C(NC(=O)C(F)(F)F)C(C)(C)C)C3(C)C)cc(=O)n1C. The van der Waals surface area contributed by atoms with E-state index in [0.717, 1.165) is 6.07 Å². The van der Waals surface area contributed by atoms with Crippen LogP contribution in [-0.2, 0) is 21.4 Å². The molecular formula is C24H31F3N6O4. The summed E-state index contributed by atoms with van der Waals surface area (Å²) >= 11 is 0. The minimum Gasteiger partial charge on any atom is -0.336 e. The zero-order valence-electron chi connectivity index (χ0n) is 21.7. The first-order valence-electron chi connectivity index (χ1n) is 11.7. The van der Waals surface area contributed by atoms with Crippen molar-refractivity contribution in [1.82, 2.24) is 25.1 Å². The molecule has 1 aliphatic carbocycles. The van der Waals surface area contributed by atoms with E-state index < -0.39 is 53.0 Å². The molecule has 0 bridgehead atoms. The topological polar surface area (TPSA) is 137 Å². The van der Waals surface area contributed by atoms with Gasteiger partial charge in [-0.1, -0.05) is 34.6 Å². The number of hydrogen-bond donors (Lipinski definition) is 2. The van der Waals surface area contributed by atoms with Gasteiger partial charge in [0.1, 0.15) is 17.9 Å². The number of carbonyl (C=O) groups is 3. The van der Waals surface area contributed by atoms with Gasteiger partial charge < -0.3 is 20.1 Å². The van der Waals surface area contributed by atoms with Gasteiger partial charge in [0.15, 0.2) is 6.04 Å². The number of amides is 3. The maximum atomic E-state index is 13.5. The summed E-state index contributed by atoms with van der Waals surface area (Å²) in [5.41, 5.74) is -1.80. The predicted molar refractivity (Wildman–Crippen MR) is 124 cm³/mol. The number of rotatable bonds is 5. The lowest BCUT2D eigenvalue weighted by molar-refractivity contribution is -0.176. The Morgan fingerprint density at radius 3 is 2.30 bits per heavy atom. The number of fused-ring (bicyclic) bond motifs is 1. The van der Waals surface area contributed by atoms with Crippen molar-refractivity contribution < 1.29 is 27.6 Å². The van der Waals surface area contributed by atoms with Crippen LogP contribution in [0.25, 0.3) is 0 Å². The van der Waals surface area contributed by atoms with Crippen LogP contribution in [0.15, 0.2) is 10.9 Å². The van der Waals surface area contributed by atoms with E-state index in [1.54, 1.807) is 12.2 Å². The van der Waals surface area contributed by atoms with Gasteiger partial charge in [0.2, 0.25) is 11.8 Å². The maximum absolute atomic E-state index is 13.5. The van der Waals surface area contributed by atoms with Gasteiger partial charge in [-0.3, -0.25) is 19.2 Å². The normalized spacial score (nSPS) is 23.9. The van der Waals surface area contributed by atoms with Crippen molar-refractivity contribution in [1.29, 1.82) is 5.26 Å². The number of aryl methyl sites for hydroxylation is 1. The molecule has 10 nitrogen and oxygen atoms in total. The van der Waals surface area contributed by atoms with Crippen molar-refractivity contribution in [3.05, 3.63) is 27.9 Å². The molecule has 2 aliphatic rings. The first kappa shape index (κ1) is 28.1. The second-order valence-electron chi connectivity index (χ2n) is 11.4. The minimum absolute atomic E-state index is 0.0314. The molecular weight excluding hydrogens is 493 g/mol. The first-order valence-corrected chi connectivity index (χ1v) is 11.7. The van der Waals surface area contributed by atoms with E-state index >= 15 is 0 Å². The largest absolute Gasteiger partial charge is 0.471 e. The summed E-state index contributed by atoms with van der Waals surface area (Å²) in [4.78, 5) is 56.3. The smallest absolute Gasteiger partial charge is 0.336 e. The van der Waals surface area contributed by atoms with Crippen LogP contribution < -0.4 is 16.2 Å². The van der Waals surface area contributed by atoms with E-state index in [-0.39, 0.29) is 29.5 Å². The van der Waals surface area contributed by atoms with Crippen LogP contribution in [0.3, 0.4) is 0 Å². The Hall–Kier alpha value is -3.43. The Labute approximate surface area is 212 Å². The van der Waals surface area contributed by atoms with Crippen LogP contribution in [0, 0.1) is 40.9 Å². The minimum atomic E-state index is -5.19. The van der Waals surface area contributed by atoms with E-state index in [1.807, 2.05) is 19.9 Å². The van der Waals surface area contributed by atoms with Crippen molar-refractivity contribution in [2.24, 2.45) is 29.7 Å². The fraction of sp³-hybridized carbons (Fsp3) is 0.667. The summed E-state index contributed by atoms with van der Waals surface area (Å²) in [7, 11) is 1.51. The van der Waals surface area contributed by atoms with Crippen LogP contribution in [-0.4, -0.2) is 57.0 Å². The molecule has 1 saturated carbocycles. The molecule has 2 N–H and O–H groups in total. The molecule has 1 aromatic rings. The number of halogens is 3. The standard InChI is InChI=1S/C24H31F3N6O4/c1-11-29-13(8-15(34)32(11)7)14(9-28)30-19(35)17-16-12(23(16,5)6)10-33(17)20(36)18(22(2,3)4)31-21(37)24(25,26)27/h8,12,14,16-18H,10H2,1-7H3,(H,30,35)(H,31,37)/t12-,14?,16-,17-,18?/m0/s1. The second kappa shape index (κ2) is 9.15. The van der Waals surface area contributed by atoms with Gasteiger partial charge in [0, 0.05) is 19.7 Å². The van der Waals surface area contributed by atoms with Gasteiger partial charge in [-0.2, -0.15) is 18.4 Å². The predicted octanol–water partition coefficient (Wildman–Crippen LogP) is 1.35. The Morgan fingerprint density at radius 1 is 1.22 bits per heavy atom. The average Bonchev–Trinajstić information content (AvgIpc) is 3.09. The Morgan fingerprint density at radius 2 is 1.81 bits per heavy atom. The van der Waals surface area contributed by atoms with Gasteiger partial charge in [-0.15, -0.1) is 0 Å². The number of nitriles is 1. The van der Waals surface area contributed by atoms with Gasteiger partial charge in [0.05, 0.1) is 11.8 Å². The fourth-order valence-electron chi connectivity index (χ4n) is 5.07. The first-order chi connectivity index (χ1) is 16.8. The molecule has 0 aromatic carbocycles. The molecule has 2 heterocycles. The monoisotopic (exact) mass is 524 g/mol. The highest BCUT2D eigenvalue weighted by atomic mass is 19.4. The summed E-state index contributed by atoms with van der Waals surface area (Å²) in [6, 6.07) is -0.889. The van der Waals surface area contributed by atoms with E-state index in [0.29, 0.717) is 5.82 Å². The number of alkyl halides is 3. The van der Waals surface area contributed by atoms with Crippen molar-refractivity contribution in [2.45, 2.75) is 65.8 Å². The molecule has 0 spiro atoms. The average molecular weight is 525 g/mol. The number of carbonyl (C=O) groups excluding carboxylic acids is 3. The molecule has 0 radical (unpaired) electrons. The number of nitrogens with one attached hydrogen (secondary N) is 2. The lowest BCUT2D eigenvalue weighted by atomic mass is 9.85. The molecule has 37 heavy (non-hydrogen) atoms. The van der Waals surface area contributed by atoms with Gasteiger partial charge in [-0.05, 0) is 29.6 Å². The molecule has 3 amide bonds. The van der Waals surface area contributed by atoms with Gasteiger partial charge >= 0.3 is 12.1 Å². The highest BCUT2D eigenvalue weighted by Crippen LogP contribution is 2.65. The third-order valence-corrected chi connectivity index (χ3v) is 7.50. The molecule has 5 atom stereocenters. The number of piperidine rings is 1. The lowest BCUT2D eigenvalue weighted by Crippen LogP contribution is -2.60. The van der Waals surface area contributed by atoms with Crippen molar-refractivity contribution >= 4 is 17.7 Å². The van der Waals surface area contributed by atoms with Crippen LogP contribution in [0.5, 0.6) is 0 Å². The highest BCUT2D eigenvalue weighted by Gasteiger charge is 2.70.